The highest BCUT2D eigenvalue weighted by Gasteiger charge is 2.21. The Bertz CT molecular complexity index is 543. The van der Waals surface area contributed by atoms with Gasteiger partial charge >= 0.3 is 11.5 Å². The second-order valence-electron chi connectivity index (χ2n) is 3.95. The Morgan fingerprint density at radius 3 is 2.70 bits per heavy atom. The number of hydrogen-bond acceptors (Lipinski definition) is 5. The number of cyclic esters (lactones) is 1. The molecule has 1 unspecified atom stereocenters. The maximum atomic E-state index is 10.7. The molecule has 7 heteroatoms. The molecule has 7 nitrogen and oxygen atoms in total. The van der Waals surface area contributed by atoms with E-state index in [1.54, 1.807) is 6.08 Å². The van der Waals surface area contributed by atoms with E-state index in [-0.39, 0.29) is 17.8 Å². The number of carbonyl (C=O) groups excluding carboxylic acids is 2. The molecule has 108 valence electrons. The summed E-state index contributed by atoms with van der Waals surface area (Å²) in [5, 5.41) is 4.26. The molecule has 0 aromatic carbocycles. The van der Waals surface area contributed by atoms with Crippen molar-refractivity contribution in [3.05, 3.63) is 41.9 Å². The van der Waals surface area contributed by atoms with E-state index in [1.165, 1.54) is 0 Å². The number of H-pyrrole nitrogens is 1. The zero-order chi connectivity index (χ0) is 15.0. The predicted octanol–water partition coefficient (Wildman–Crippen LogP) is 1.36. The van der Waals surface area contributed by atoms with Crippen molar-refractivity contribution in [1.82, 2.24) is 5.16 Å². The summed E-state index contributed by atoms with van der Waals surface area (Å²) in [5.74, 6) is -0.515. The van der Waals surface area contributed by atoms with Gasteiger partial charge in [0.2, 0.25) is 5.91 Å². The number of rotatable bonds is 4. The molecule has 1 aliphatic heterocycles. The number of aromatic nitrogens is 1. The molecule has 1 aromatic rings. The second-order valence-corrected chi connectivity index (χ2v) is 3.95. The SMILES string of the molecule is C=CC(=O)Nc1co[nH]c1=O.C=CCC1CCC(=O)O1. The van der Waals surface area contributed by atoms with E-state index in [1.807, 2.05) is 5.16 Å². The van der Waals surface area contributed by atoms with Crippen LogP contribution in [-0.4, -0.2) is 23.1 Å². The van der Waals surface area contributed by atoms with Crippen LogP contribution in [-0.2, 0) is 14.3 Å². The first-order valence-corrected chi connectivity index (χ1v) is 5.96. The first-order valence-electron chi connectivity index (χ1n) is 5.96. The number of esters is 1. The van der Waals surface area contributed by atoms with Crippen molar-refractivity contribution >= 4 is 17.6 Å². The third kappa shape index (κ3) is 4.97. The first-order chi connectivity index (χ1) is 9.56. The number of hydrogen-bond donors (Lipinski definition) is 2. The smallest absolute Gasteiger partial charge is 0.306 e. The highest BCUT2D eigenvalue weighted by Crippen LogP contribution is 2.16. The summed E-state index contributed by atoms with van der Waals surface area (Å²) in [6, 6.07) is 0. The summed E-state index contributed by atoms with van der Waals surface area (Å²) < 4.78 is 9.30. The van der Waals surface area contributed by atoms with Gasteiger partial charge in [-0.1, -0.05) is 12.7 Å². The van der Waals surface area contributed by atoms with Gasteiger partial charge in [-0.25, -0.2) is 0 Å². The molecular weight excluding hydrogens is 264 g/mol. The summed E-state index contributed by atoms with van der Waals surface area (Å²) >= 11 is 0. The van der Waals surface area contributed by atoms with Gasteiger partial charge < -0.3 is 14.6 Å². The van der Waals surface area contributed by atoms with Crippen LogP contribution < -0.4 is 10.9 Å². The van der Waals surface area contributed by atoms with Crippen molar-refractivity contribution < 1.29 is 18.8 Å². The molecule has 0 bridgehead atoms. The van der Waals surface area contributed by atoms with Gasteiger partial charge in [-0.3, -0.25) is 14.4 Å². The molecule has 2 rings (SSSR count). The van der Waals surface area contributed by atoms with Crippen LogP contribution >= 0.6 is 0 Å². The minimum Gasteiger partial charge on any atom is -0.462 e. The molecule has 0 radical (unpaired) electrons. The van der Waals surface area contributed by atoms with Crippen LogP contribution in [0.4, 0.5) is 5.69 Å². The van der Waals surface area contributed by atoms with Gasteiger partial charge in [0.05, 0.1) is 0 Å². The molecule has 20 heavy (non-hydrogen) atoms. The standard InChI is InChI=1S/C7H10O2.C6H6N2O3/c1-2-3-6-4-5-7(8)9-6;1-2-5(9)7-4-3-11-8-6(4)10/h2,6H,1,3-5H2;2-3H,1H2,(H,7,9)(H,8,10). The van der Waals surface area contributed by atoms with Crippen LogP contribution in [0.3, 0.4) is 0 Å². The lowest BCUT2D eigenvalue weighted by Crippen LogP contribution is -2.13. The van der Waals surface area contributed by atoms with E-state index in [0.29, 0.717) is 6.42 Å². The Balaban J connectivity index is 0.000000204. The highest BCUT2D eigenvalue weighted by molar-refractivity contribution is 5.98. The number of amides is 1. The van der Waals surface area contributed by atoms with E-state index in [4.69, 9.17) is 4.74 Å². The van der Waals surface area contributed by atoms with Crippen molar-refractivity contribution in [3.63, 3.8) is 0 Å². The van der Waals surface area contributed by atoms with Crippen LogP contribution in [0.15, 0.2) is 40.9 Å². The lowest BCUT2D eigenvalue weighted by molar-refractivity contribution is -0.141. The van der Waals surface area contributed by atoms with Gasteiger partial charge in [0.1, 0.15) is 18.1 Å². The van der Waals surface area contributed by atoms with E-state index in [9.17, 15) is 14.4 Å². The Labute approximate surface area is 115 Å². The van der Waals surface area contributed by atoms with Gasteiger partial charge in [0.25, 0.3) is 0 Å². The molecule has 2 N–H and O–H groups in total. The summed E-state index contributed by atoms with van der Waals surface area (Å²) in [7, 11) is 0. The number of carbonyl (C=O) groups is 2. The lowest BCUT2D eigenvalue weighted by atomic mass is 10.2. The molecule has 1 amide bonds. The average Bonchev–Trinajstić information content (AvgIpc) is 3.00. The quantitative estimate of drug-likeness (QED) is 0.492. The molecule has 0 aliphatic carbocycles. The van der Waals surface area contributed by atoms with Crippen LogP contribution in [0.1, 0.15) is 19.3 Å². The van der Waals surface area contributed by atoms with Crippen molar-refractivity contribution in [3.8, 4) is 0 Å². The van der Waals surface area contributed by atoms with Crippen LogP contribution in [0, 0.1) is 0 Å². The molecule has 1 saturated heterocycles. The van der Waals surface area contributed by atoms with Gasteiger partial charge in [-0.05, 0) is 12.5 Å². The number of aromatic amines is 1. The fourth-order valence-corrected chi connectivity index (χ4v) is 1.45. The summed E-state index contributed by atoms with van der Waals surface area (Å²) in [6.45, 7) is 6.77. The number of ether oxygens (including phenoxy) is 1. The van der Waals surface area contributed by atoms with E-state index in [2.05, 4.69) is 23.0 Å². The number of anilines is 1. The van der Waals surface area contributed by atoms with Crippen LogP contribution in [0.2, 0.25) is 0 Å². The molecule has 0 saturated carbocycles. The maximum Gasteiger partial charge on any atom is 0.306 e. The molecule has 1 atom stereocenters. The monoisotopic (exact) mass is 280 g/mol. The molecule has 1 aromatic heterocycles. The summed E-state index contributed by atoms with van der Waals surface area (Å²) in [6.07, 6.45) is 6.32. The molecule has 0 spiro atoms. The van der Waals surface area contributed by atoms with Gasteiger partial charge in [-0.2, -0.15) is 5.16 Å². The van der Waals surface area contributed by atoms with Gasteiger partial charge in [0, 0.05) is 12.8 Å². The maximum absolute atomic E-state index is 10.7. The summed E-state index contributed by atoms with van der Waals surface area (Å²) in [4.78, 5) is 31.8. The van der Waals surface area contributed by atoms with Crippen molar-refractivity contribution in [2.75, 3.05) is 5.32 Å². The van der Waals surface area contributed by atoms with E-state index < -0.39 is 11.5 Å². The Hall–Kier alpha value is -2.57. The van der Waals surface area contributed by atoms with Crippen LogP contribution in [0.25, 0.3) is 0 Å². The van der Waals surface area contributed by atoms with Gasteiger partial charge in [-0.15, -0.1) is 6.58 Å². The normalized spacial score (nSPS) is 16.6. The molecule has 1 fully saturated rings. The Morgan fingerprint density at radius 2 is 2.25 bits per heavy atom. The van der Waals surface area contributed by atoms with Crippen molar-refractivity contribution in [1.29, 1.82) is 0 Å². The zero-order valence-corrected chi connectivity index (χ0v) is 10.9. The third-order valence-corrected chi connectivity index (χ3v) is 2.41. The van der Waals surface area contributed by atoms with E-state index >= 15 is 0 Å². The second kappa shape index (κ2) is 7.78. The zero-order valence-electron chi connectivity index (χ0n) is 10.9. The lowest BCUT2D eigenvalue weighted by Gasteiger charge is -2.02. The fourth-order valence-electron chi connectivity index (χ4n) is 1.45. The fraction of sp³-hybridized carbons (Fsp3) is 0.308. The topological polar surface area (TPSA) is 101 Å². The Morgan fingerprint density at radius 1 is 1.50 bits per heavy atom. The minimum atomic E-state index is -0.472. The minimum absolute atomic E-state index is 0.0677. The predicted molar refractivity (Wildman–Crippen MR) is 72.1 cm³/mol. The van der Waals surface area contributed by atoms with Gasteiger partial charge in [0.15, 0.2) is 0 Å². The molecule has 2 heterocycles. The van der Waals surface area contributed by atoms with Crippen LogP contribution in [0.5, 0.6) is 0 Å². The van der Waals surface area contributed by atoms with Crippen molar-refractivity contribution in [2.45, 2.75) is 25.4 Å². The summed E-state index contributed by atoms with van der Waals surface area (Å²) in [5.41, 5.74) is -0.393. The first kappa shape index (κ1) is 15.5. The Kier molecular flexibility index (Phi) is 6.02. The van der Waals surface area contributed by atoms with Crippen molar-refractivity contribution in [2.24, 2.45) is 0 Å². The molecule has 1 aliphatic rings. The average molecular weight is 280 g/mol. The largest absolute Gasteiger partial charge is 0.462 e. The number of nitrogens with one attached hydrogen (secondary N) is 2. The third-order valence-electron chi connectivity index (χ3n) is 2.41. The molecular formula is C13H16N2O5. The van der Waals surface area contributed by atoms with E-state index in [0.717, 1.165) is 25.2 Å². The highest BCUT2D eigenvalue weighted by atomic mass is 16.5.